The van der Waals surface area contributed by atoms with E-state index in [0.717, 1.165) is 63.7 Å². The summed E-state index contributed by atoms with van der Waals surface area (Å²) in [5.74, 6) is 2.17. The quantitative estimate of drug-likeness (QED) is 0.0512. The van der Waals surface area contributed by atoms with Gasteiger partial charge in [-0.3, -0.25) is 0 Å². The molecule has 8 atom stereocenters. The number of alkyl halides is 3. The fourth-order valence-electron chi connectivity index (χ4n) is 5.18. The maximum atomic E-state index is 10.7. The second-order valence-electron chi connectivity index (χ2n) is 11.9. The summed E-state index contributed by atoms with van der Waals surface area (Å²) in [7, 11) is 0. The van der Waals surface area contributed by atoms with E-state index < -0.39 is 12.2 Å². The van der Waals surface area contributed by atoms with E-state index in [-0.39, 0.29) is 36.1 Å². The van der Waals surface area contributed by atoms with Gasteiger partial charge >= 0.3 is 0 Å². The first-order valence-corrected chi connectivity index (χ1v) is 18.2. The van der Waals surface area contributed by atoms with Crippen molar-refractivity contribution in [1.82, 2.24) is 0 Å². The first-order valence-electron chi connectivity index (χ1n) is 16.6. The lowest BCUT2D eigenvalue weighted by molar-refractivity contribution is -0.125. The Morgan fingerprint density at radius 1 is 0.800 bits per heavy atom. The van der Waals surface area contributed by atoms with Crippen LogP contribution in [-0.4, -0.2) is 78.6 Å². The molecule has 0 aromatic rings. The van der Waals surface area contributed by atoms with Gasteiger partial charge in [0, 0.05) is 47.2 Å². The summed E-state index contributed by atoms with van der Waals surface area (Å²) in [4.78, 5) is 10.7. The summed E-state index contributed by atoms with van der Waals surface area (Å²) < 4.78 is 16.7. The average molecular weight is 696 g/mol. The number of carbonyl (C=O) groups is 1. The maximum absolute atomic E-state index is 10.7. The molecule has 0 radical (unpaired) electrons. The monoisotopic (exact) mass is 694 g/mol. The molecule has 0 aliphatic carbocycles. The van der Waals surface area contributed by atoms with Gasteiger partial charge in [0.2, 0.25) is 0 Å². The summed E-state index contributed by atoms with van der Waals surface area (Å²) in [6.07, 6.45) is 16.0. The van der Waals surface area contributed by atoms with Crippen LogP contribution in [0.2, 0.25) is 0 Å². The summed E-state index contributed by atoms with van der Waals surface area (Å²) in [6, 6.07) is 0. The fourth-order valence-corrected chi connectivity index (χ4v) is 5.75. The molecule has 2 aliphatic heterocycles. The minimum Gasteiger partial charge on any atom is -0.392 e. The zero-order valence-corrected chi connectivity index (χ0v) is 30.2. The van der Waals surface area contributed by atoms with Crippen molar-refractivity contribution < 1.29 is 29.2 Å². The summed E-state index contributed by atoms with van der Waals surface area (Å²) in [6.45, 7) is 19.1. The fraction of sp³-hybridized carbons (Fsp3) is 0.750. The van der Waals surface area contributed by atoms with Gasteiger partial charge in [-0.25, -0.2) is 0 Å². The molecule has 0 aromatic heterocycles. The van der Waals surface area contributed by atoms with Crippen LogP contribution in [0.3, 0.4) is 0 Å². The van der Waals surface area contributed by atoms with Gasteiger partial charge in [-0.2, -0.15) is 0 Å². The summed E-state index contributed by atoms with van der Waals surface area (Å²) in [5.41, 5.74) is 1.43. The molecule has 0 bridgehead atoms. The molecule has 2 aliphatic rings. The van der Waals surface area contributed by atoms with E-state index in [0.29, 0.717) is 37.3 Å². The van der Waals surface area contributed by atoms with E-state index in [9.17, 15) is 15.0 Å². The van der Waals surface area contributed by atoms with Crippen LogP contribution in [-0.2, 0) is 19.0 Å². The van der Waals surface area contributed by atoms with Gasteiger partial charge in [0.25, 0.3) is 0 Å². The molecule has 0 spiro atoms. The highest BCUT2D eigenvalue weighted by atomic mass is 35.5. The minimum atomic E-state index is -0.611. The number of carbonyl (C=O) groups excluding carboxylic acids is 1. The highest BCUT2D eigenvalue weighted by molar-refractivity contribution is 6.18. The van der Waals surface area contributed by atoms with Gasteiger partial charge in [-0.05, 0) is 50.5 Å². The van der Waals surface area contributed by atoms with E-state index in [2.05, 4.69) is 32.7 Å². The van der Waals surface area contributed by atoms with Crippen molar-refractivity contribution in [3.63, 3.8) is 0 Å². The second-order valence-corrected chi connectivity index (χ2v) is 13.0. The summed E-state index contributed by atoms with van der Waals surface area (Å²) >= 11 is 16.8. The average Bonchev–Trinajstić information content (AvgIpc) is 3.77. The van der Waals surface area contributed by atoms with Gasteiger partial charge < -0.3 is 29.2 Å². The van der Waals surface area contributed by atoms with Crippen LogP contribution < -0.4 is 0 Å². The zero-order valence-electron chi connectivity index (χ0n) is 28.0. The van der Waals surface area contributed by atoms with Crippen LogP contribution >= 0.6 is 34.8 Å². The molecule has 0 saturated carbocycles. The van der Waals surface area contributed by atoms with Crippen molar-refractivity contribution in [2.24, 2.45) is 29.6 Å². The smallest absolute Gasteiger partial charge is 0.163 e. The van der Waals surface area contributed by atoms with Gasteiger partial charge in [0.15, 0.2) is 6.29 Å². The molecule has 0 aromatic carbocycles. The largest absolute Gasteiger partial charge is 0.392 e. The lowest BCUT2D eigenvalue weighted by Crippen LogP contribution is -2.36. The van der Waals surface area contributed by atoms with E-state index in [4.69, 9.17) is 49.0 Å². The van der Waals surface area contributed by atoms with Gasteiger partial charge in [0.05, 0.1) is 38.1 Å². The third-order valence-corrected chi connectivity index (χ3v) is 9.20. The lowest BCUT2D eigenvalue weighted by atomic mass is 9.87. The first-order chi connectivity index (χ1) is 21.7. The standard InChI is InChI=1S/C13H23ClO3.C12H19ClO.C11H19ClO2/c1-3-10(2)12(15)11(6-4-5-7-14)13-16-8-9-17-13;1-3-10(2)12-11(7-9-14-12)6-4-5-8-13;1-3-9(2)11(14)10(8-13)6-4-5-7-12/h3,10-13,15H,1,4-9H2,2H3;3,7,10,12H,1,4-6,8-9H2,2H3;3,8-11,14H,1,4-7H2,2H3/t10-,11+,12+;10-,12+;9-,10-,11+/m000/s1. The number of halogens is 3. The normalized spacial score (nSPS) is 21.0. The molecule has 1 saturated heterocycles. The number of aldehydes is 1. The Morgan fingerprint density at radius 3 is 1.84 bits per heavy atom. The molecular weight excluding hydrogens is 635 g/mol. The van der Waals surface area contributed by atoms with Crippen LogP contribution in [0.1, 0.15) is 78.6 Å². The SMILES string of the molecule is C=C[C@H](C)[C@@H](O)[C@@H](CCCCCl)C1OCCO1.C=C[C@H](C)[C@@H](O)[C@H](C=O)CCCCCl.C=C[C@H](C)[C@H]1OCC=C1CCCCCl. The zero-order chi connectivity index (χ0) is 34.0. The third kappa shape index (κ3) is 18.4. The molecule has 2 N–H and O–H groups in total. The Labute approximate surface area is 289 Å². The number of aliphatic hydroxyl groups excluding tert-OH is 2. The molecule has 0 unspecified atom stereocenters. The van der Waals surface area contributed by atoms with Crippen molar-refractivity contribution in [3.8, 4) is 0 Å². The number of hydrogen-bond acceptors (Lipinski definition) is 6. The van der Waals surface area contributed by atoms with Gasteiger partial charge in [0.1, 0.15) is 6.29 Å². The molecule has 6 nitrogen and oxygen atoms in total. The van der Waals surface area contributed by atoms with E-state index >= 15 is 0 Å². The van der Waals surface area contributed by atoms with Crippen LogP contribution in [0.15, 0.2) is 49.6 Å². The van der Waals surface area contributed by atoms with Gasteiger partial charge in [-0.1, -0.05) is 57.9 Å². The van der Waals surface area contributed by atoms with E-state index in [1.54, 1.807) is 12.2 Å². The van der Waals surface area contributed by atoms with Crippen LogP contribution in [0, 0.1) is 29.6 Å². The van der Waals surface area contributed by atoms with Crippen LogP contribution in [0.25, 0.3) is 0 Å². The van der Waals surface area contributed by atoms with Crippen molar-refractivity contribution in [2.45, 2.75) is 103 Å². The molecule has 0 amide bonds. The Bertz CT molecular complexity index is 804. The topological polar surface area (TPSA) is 85.2 Å². The lowest BCUT2D eigenvalue weighted by Gasteiger charge is -2.29. The van der Waals surface area contributed by atoms with E-state index in [1.165, 1.54) is 12.0 Å². The van der Waals surface area contributed by atoms with E-state index in [1.807, 2.05) is 19.9 Å². The van der Waals surface area contributed by atoms with Crippen molar-refractivity contribution in [3.05, 3.63) is 49.6 Å². The predicted molar refractivity (Wildman–Crippen MR) is 190 cm³/mol. The highest BCUT2D eigenvalue weighted by Gasteiger charge is 2.34. The molecule has 45 heavy (non-hydrogen) atoms. The molecule has 2 heterocycles. The molecule has 2 rings (SSSR count). The van der Waals surface area contributed by atoms with Crippen LogP contribution in [0.4, 0.5) is 0 Å². The molecular formula is C36H61Cl3O6. The summed E-state index contributed by atoms with van der Waals surface area (Å²) in [5, 5.41) is 20.0. The second kappa shape index (κ2) is 28.3. The maximum Gasteiger partial charge on any atom is 0.163 e. The molecule has 1 fully saturated rings. The number of ether oxygens (including phenoxy) is 3. The highest BCUT2D eigenvalue weighted by Crippen LogP contribution is 2.28. The number of rotatable bonds is 22. The van der Waals surface area contributed by atoms with Crippen molar-refractivity contribution in [2.75, 3.05) is 37.5 Å². The predicted octanol–water partition coefficient (Wildman–Crippen LogP) is 8.50. The Hall–Kier alpha value is -0.700. The Balaban J connectivity index is 0.000000650. The molecule has 262 valence electrons. The van der Waals surface area contributed by atoms with Gasteiger partial charge in [-0.15, -0.1) is 54.5 Å². The van der Waals surface area contributed by atoms with Crippen LogP contribution in [0.5, 0.6) is 0 Å². The first kappa shape index (κ1) is 44.3. The van der Waals surface area contributed by atoms with Crippen molar-refractivity contribution in [1.29, 1.82) is 0 Å². The minimum absolute atomic E-state index is 0.00807. The Morgan fingerprint density at radius 2 is 1.33 bits per heavy atom. The number of hydrogen-bond donors (Lipinski definition) is 2. The number of unbranched alkanes of at least 4 members (excludes halogenated alkanes) is 3. The number of aliphatic hydroxyl groups is 2. The molecule has 9 heteroatoms. The van der Waals surface area contributed by atoms with Crippen molar-refractivity contribution >= 4 is 41.1 Å². The Kier molecular flexibility index (Phi) is 27.9. The third-order valence-electron chi connectivity index (χ3n) is 8.40.